The molecule has 14 unspecified atom stereocenters. The average Bonchev–Trinajstić information content (AvgIpc) is 0.706. The van der Waals surface area contributed by atoms with Crippen molar-refractivity contribution >= 4 is 24.1 Å². The van der Waals surface area contributed by atoms with Crippen molar-refractivity contribution in [3.63, 3.8) is 0 Å². The second-order valence-corrected chi connectivity index (χ2v) is 32.6. The van der Waals surface area contributed by atoms with E-state index in [4.69, 9.17) is 37.9 Å². The Morgan fingerprint density at radius 2 is 1.31 bits per heavy atom. The van der Waals surface area contributed by atoms with Gasteiger partial charge in [-0.15, -0.1) is 0 Å². The van der Waals surface area contributed by atoms with Crippen molar-refractivity contribution in [2.75, 3.05) is 13.2 Å². The minimum atomic E-state index is -2.04. The number of aliphatic hydroxyl groups excluding tert-OH is 13. The zero-order valence-corrected chi connectivity index (χ0v) is 59.3. The summed E-state index contributed by atoms with van der Waals surface area (Å²) in [5, 5.41) is 152. The fourth-order valence-corrected chi connectivity index (χ4v) is 19.2. The van der Waals surface area contributed by atoms with Crippen LogP contribution in [-0.4, -0.2) is 251 Å². The van der Waals surface area contributed by atoms with Crippen LogP contribution in [0.5, 0.6) is 0 Å². The highest BCUT2D eigenvalue weighted by molar-refractivity contribution is 5.80. The van der Waals surface area contributed by atoms with E-state index in [9.17, 15) is 80.8 Å². The summed E-state index contributed by atoms with van der Waals surface area (Å²) in [6.07, 6.45) is -24.1. The molecule has 0 aromatic carbocycles. The molecule has 0 aromatic rings. The quantitative estimate of drug-likeness (QED) is 0.0347. The van der Waals surface area contributed by atoms with Gasteiger partial charge in [0.15, 0.2) is 25.0 Å². The van der Waals surface area contributed by atoms with Gasteiger partial charge in [-0.2, -0.15) is 0 Å². The number of fused-ring (bicyclic) bond motifs is 7. The Kier molecular flexibility index (Phi) is 25.0. The van der Waals surface area contributed by atoms with Crippen molar-refractivity contribution in [1.29, 1.82) is 0 Å². The number of hydrogen-bond donors (Lipinski definition) is 15. The van der Waals surface area contributed by atoms with E-state index in [0.717, 1.165) is 11.9 Å². The van der Waals surface area contributed by atoms with Crippen LogP contribution >= 0.6 is 0 Å². The Morgan fingerprint density at radius 3 is 1.95 bits per heavy atom. The van der Waals surface area contributed by atoms with Crippen LogP contribution in [0.4, 0.5) is 0 Å². The number of aliphatic hydroxyl groups is 13. The maximum Gasteiger partial charge on any atom is 0.317 e. The molecule has 9 aliphatic rings. The minimum absolute atomic E-state index is 0.00741. The molecule has 0 bridgehead atoms. The zero-order valence-electron chi connectivity index (χ0n) is 59.3. The summed E-state index contributed by atoms with van der Waals surface area (Å²) < 4.78 is 48.5. The van der Waals surface area contributed by atoms with Gasteiger partial charge >= 0.3 is 5.97 Å². The van der Waals surface area contributed by atoms with Gasteiger partial charge in [0.1, 0.15) is 72.7 Å². The summed E-state index contributed by atoms with van der Waals surface area (Å²) >= 11 is 0. The van der Waals surface area contributed by atoms with Gasteiger partial charge in [-0.3, -0.25) is 14.4 Å². The second kappa shape index (κ2) is 31.0. The predicted octanol–water partition coefficient (Wildman–Crippen LogP) is 1.18. The van der Waals surface area contributed by atoms with Crippen LogP contribution in [0.25, 0.3) is 0 Å². The van der Waals surface area contributed by atoms with Gasteiger partial charge in [-0.1, -0.05) is 101 Å². The Balaban J connectivity index is 0.942. The molecule has 4 saturated heterocycles. The summed E-state index contributed by atoms with van der Waals surface area (Å²) in [7, 11) is 0. The van der Waals surface area contributed by atoms with Gasteiger partial charge < -0.3 is 120 Å². The molecule has 34 atom stereocenters. The zero-order chi connectivity index (χ0) is 72.3. The molecule has 4 aliphatic heterocycles. The van der Waals surface area contributed by atoms with Crippen molar-refractivity contribution < 1.29 is 123 Å². The first kappa shape index (κ1) is 79.1. The number of nitrogens with one attached hydrogen (secondary N) is 2. The molecule has 562 valence electrons. The van der Waals surface area contributed by atoms with Crippen LogP contribution in [0.15, 0.2) is 11.6 Å². The lowest BCUT2D eigenvalue weighted by Gasteiger charge is -2.71. The molecule has 0 spiro atoms. The standard InChI is InChI=1S/C71H118N2O25/c1-13-33(4)40(72-49(81)27-37(77)25-43(34(5)14-2)94-63-57(88)53(84)42(15-3)93-63)24-36(76)26-50(82)73-51-44(30-74)95-64(60(54(51)85)97-62-58(89)55(86)59(35(6)92-62)96-61-56(87)52(83)41(78)31-91-61)98-65(90)71-23-22-66(7,8)28-39(71)38-16-17-46-67(9)20-19-47(79)68(10,32-75)45(67)18-21-69(46,11)70(38,12)29-48(71)80/h16,32-37,39-48,51-64,74,76-80,83-89H,13-15,17-31H2,1-12H3,(H,72,81)(H,73,82)/t33-,34-,35?,36-,37-,39?,40-,41+,42-,43-,44?,45+,46?,47-,48?,51-,52?,53?,54?,55?,56?,57?,58?,59-,60?,61-,62-,63-,64-,67?,68+,69-,70+,71+/m0/s1. The molecular weight excluding hydrogens is 1280 g/mol. The normalized spacial score (nSPS) is 46.5. The molecule has 2 amide bonds. The number of carbonyl (C=O) groups is 4. The number of esters is 1. The van der Waals surface area contributed by atoms with E-state index in [2.05, 4.69) is 51.3 Å². The smallest absolute Gasteiger partial charge is 0.317 e. The van der Waals surface area contributed by atoms with E-state index in [1.165, 1.54) is 6.92 Å². The number of aldehydes is 1. The molecule has 0 aromatic heterocycles. The first-order valence-corrected chi connectivity index (χ1v) is 36.2. The van der Waals surface area contributed by atoms with Crippen LogP contribution < -0.4 is 10.6 Å². The molecule has 5 aliphatic carbocycles. The molecular formula is C71H118N2O25. The highest BCUT2D eigenvalue weighted by Crippen LogP contribution is 2.76. The molecule has 8 fully saturated rings. The molecule has 4 heterocycles. The number of rotatable bonds is 25. The third kappa shape index (κ3) is 14.9. The molecule has 4 saturated carbocycles. The summed E-state index contributed by atoms with van der Waals surface area (Å²) in [5.41, 5.74) is -3.30. The first-order chi connectivity index (χ1) is 45.9. The van der Waals surface area contributed by atoms with Crippen molar-refractivity contribution in [3.8, 4) is 0 Å². The van der Waals surface area contributed by atoms with E-state index < -0.39 is 212 Å². The lowest BCUT2D eigenvalue weighted by molar-refractivity contribution is -0.370. The Labute approximate surface area is 576 Å². The van der Waals surface area contributed by atoms with Crippen LogP contribution in [0.1, 0.15) is 186 Å². The van der Waals surface area contributed by atoms with Gasteiger partial charge in [0.25, 0.3) is 0 Å². The SMILES string of the molecule is CC[C@@H]1O[C@@H](O[C@@H](C[C@H](O)CC(=O)N[C@@H](C[C@H](O)CC(=O)N[C@H]2C(CO)O[C@@H](OC(=O)[C@]34CCC(C)(C)CC3C3=CCC5C6(C)CC[C@H](O)[C@](C)(C=O)[C@@H]6CC[C@]5(C)[C@]3(C)CC4O)C(O[C@@H]3OC(C)[C@H](O[C@@H]4OC[C@@H](O)C(O)C4O)C(O)C3O)C2O)[C@@H](C)CC)[C@@H](C)CC)C(O)C1O. The summed E-state index contributed by atoms with van der Waals surface area (Å²) in [4.78, 5) is 56.7. The monoisotopic (exact) mass is 1400 g/mol. The minimum Gasteiger partial charge on any atom is -0.432 e. The number of carbonyl (C=O) groups excluding carboxylic acids is 4. The van der Waals surface area contributed by atoms with Crippen LogP contribution in [0.3, 0.4) is 0 Å². The number of hydrogen-bond acceptors (Lipinski definition) is 25. The van der Waals surface area contributed by atoms with E-state index in [-0.39, 0.29) is 66.6 Å². The Bertz CT molecular complexity index is 2770. The fourth-order valence-electron chi connectivity index (χ4n) is 19.2. The summed E-state index contributed by atoms with van der Waals surface area (Å²) in [6.45, 7) is 22.2. The van der Waals surface area contributed by atoms with Gasteiger partial charge in [-0.05, 0) is 129 Å². The highest BCUT2D eigenvalue weighted by Gasteiger charge is 2.72. The molecule has 98 heavy (non-hydrogen) atoms. The molecule has 27 nitrogen and oxygen atoms in total. The fraction of sp³-hybridized carbons (Fsp3) is 0.915. The molecule has 9 rings (SSSR count). The van der Waals surface area contributed by atoms with Crippen molar-refractivity contribution in [2.45, 2.75) is 333 Å². The Morgan fingerprint density at radius 1 is 0.673 bits per heavy atom. The van der Waals surface area contributed by atoms with E-state index >= 15 is 4.79 Å². The van der Waals surface area contributed by atoms with Crippen LogP contribution in [-0.2, 0) is 57.1 Å². The van der Waals surface area contributed by atoms with Crippen LogP contribution in [0.2, 0.25) is 0 Å². The Hall–Kier alpha value is -2.98. The maximum absolute atomic E-state index is 15.9. The van der Waals surface area contributed by atoms with Gasteiger partial charge in [0, 0.05) is 12.5 Å². The first-order valence-electron chi connectivity index (χ1n) is 36.2. The van der Waals surface area contributed by atoms with Crippen LogP contribution in [0, 0.1) is 62.1 Å². The predicted molar refractivity (Wildman–Crippen MR) is 348 cm³/mol. The maximum atomic E-state index is 15.9. The summed E-state index contributed by atoms with van der Waals surface area (Å²) in [6, 6.07) is -2.33. The average molecular weight is 1400 g/mol. The largest absolute Gasteiger partial charge is 0.432 e. The van der Waals surface area contributed by atoms with Crippen molar-refractivity contribution in [2.24, 2.45) is 62.1 Å². The topological polar surface area (TPSA) is 429 Å². The molecule has 27 heteroatoms. The number of amides is 2. The second-order valence-electron chi connectivity index (χ2n) is 32.6. The van der Waals surface area contributed by atoms with Gasteiger partial charge in [0.05, 0.1) is 80.2 Å². The highest BCUT2D eigenvalue weighted by atomic mass is 16.8. The van der Waals surface area contributed by atoms with E-state index in [1.54, 1.807) is 6.92 Å². The summed E-state index contributed by atoms with van der Waals surface area (Å²) in [5.74, 6) is -3.34. The van der Waals surface area contributed by atoms with E-state index in [1.807, 2.05) is 34.6 Å². The van der Waals surface area contributed by atoms with E-state index in [0.29, 0.717) is 64.2 Å². The number of allylic oxidation sites excluding steroid dienone is 2. The molecule has 0 radical (unpaired) electrons. The van der Waals surface area contributed by atoms with Gasteiger partial charge in [0.2, 0.25) is 18.1 Å². The number of ether oxygens (including phenoxy) is 8. The van der Waals surface area contributed by atoms with Gasteiger partial charge in [-0.25, -0.2) is 0 Å². The third-order valence-electron chi connectivity index (χ3n) is 26.1. The lowest BCUT2D eigenvalue weighted by atomic mass is 9.33. The van der Waals surface area contributed by atoms with Crippen molar-refractivity contribution in [1.82, 2.24) is 10.6 Å². The molecule has 15 N–H and O–H groups in total. The third-order valence-corrected chi connectivity index (χ3v) is 26.1. The lowest BCUT2D eigenvalue weighted by Crippen LogP contribution is -2.69. The van der Waals surface area contributed by atoms with Crippen molar-refractivity contribution in [3.05, 3.63) is 11.6 Å².